The molecule has 1 fully saturated rings. The lowest BCUT2D eigenvalue weighted by molar-refractivity contribution is 0.104. The maximum Gasteiger partial charge on any atom is 0.119 e. The minimum absolute atomic E-state index is 0.0968. The van der Waals surface area contributed by atoms with Crippen LogP contribution in [0.2, 0.25) is 0 Å². The van der Waals surface area contributed by atoms with Crippen molar-refractivity contribution in [3.63, 3.8) is 0 Å². The van der Waals surface area contributed by atoms with E-state index in [1.807, 2.05) is 19.1 Å². The van der Waals surface area contributed by atoms with Gasteiger partial charge in [-0.2, -0.15) is 0 Å². The molecule has 112 valence electrons. The Morgan fingerprint density at radius 3 is 2.60 bits per heavy atom. The number of nitrogens with zero attached hydrogens (tertiary/aromatic N) is 1. The van der Waals surface area contributed by atoms with Gasteiger partial charge in [-0.3, -0.25) is 11.3 Å². The van der Waals surface area contributed by atoms with Gasteiger partial charge in [-0.1, -0.05) is 25.0 Å². The first-order chi connectivity index (χ1) is 9.64. The minimum Gasteiger partial charge on any atom is -0.494 e. The van der Waals surface area contributed by atoms with Crippen molar-refractivity contribution < 1.29 is 4.74 Å². The van der Waals surface area contributed by atoms with E-state index in [9.17, 15) is 0 Å². The third-order valence-electron chi connectivity index (χ3n) is 4.57. The third kappa shape index (κ3) is 2.82. The molecule has 20 heavy (non-hydrogen) atoms. The quantitative estimate of drug-likeness (QED) is 0.619. The Labute approximate surface area is 122 Å². The monoisotopic (exact) mass is 277 g/mol. The Bertz CT molecular complexity index is 427. The number of nitrogens with two attached hydrogens (primary N) is 1. The van der Waals surface area contributed by atoms with E-state index < -0.39 is 0 Å². The summed E-state index contributed by atoms with van der Waals surface area (Å²) in [6.07, 6.45) is 4.88. The second kappa shape index (κ2) is 6.57. The molecular formula is C16H27N3O. The summed E-state index contributed by atoms with van der Waals surface area (Å²) in [5.41, 5.74) is 4.35. The molecule has 0 heterocycles. The maximum atomic E-state index is 5.91. The molecule has 1 saturated carbocycles. The summed E-state index contributed by atoms with van der Waals surface area (Å²) in [6.45, 7) is 2.69. The van der Waals surface area contributed by atoms with Crippen molar-refractivity contribution in [2.24, 2.45) is 5.84 Å². The van der Waals surface area contributed by atoms with Gasteiger partial charge in [0.2, 0.25) is 0 Å². The molecule has 0 saturated heterocycles. The molecule has 3 N–H and O–H groups in total. The predicted octanol–water partition coefficient (Wildman–Crippen LogP) is 2.46. The lowest BCUT2D eigenvalue weighted by Crippen LogP contribution is -2.53. The van der Waals surface area contributed by atoms with E-state index in [2.05, 4.69) is 36.6 Å². The predicted molar refractivity (Wildman–Crippen MR) is 82.6 cm³/mol. The minimum atomic E-state index is 0.0968. The number of hydrazine groups is 1. The number of likely N-dealkylation sites (N-methyl/N-ethyl adjacent to an activating group) is 1. The Kier molecular flexibility index (Phi) is 5.02. The SMILES string of the molecule is CCOc1cccc(C(NN)C2(N(C)C)CCCC2)c1. The van der Waals surface area contributed by atoms with E-state index in [0.717, 1.165) is 5.75 Å². The summed E-state index contributed by atoms with van der Waals surface area (Å²) in [4.78, 5) is 2.33. The van der Waals surface area contributed by atoms with Crippen LogP contribution in [0, 0.1) is 0 Å². The van der Waals surface area contributed by atoms with Crippen molar-refractivity contribution in [2.75, 3.05) is 20.7 Å². The summed E-state index contributed by atoms with van der Waals surface area (Å²) in [7, 11) is 4.31. The summed E-state index contributed by atoms with van der Waals surface area (Å²) < 4.78 is 5.62. The highest BCUT2D eigenvalue weighted by molar-refractivity contribution is 5.33. The van der Waals surface area contributed by atoms with Crippen molar-refractivity contribution in [3.05, 3.63) is 29.8 Å². The van der Waals surface area contributed by atoms with Gasteiger partial charge in [0.25, 0.3) is 0 Å². The third-order valence-corrected chi connectivity index (χ3v) is 4.57. The fraction of sp³-hybridized carbons (Fsp3) is 0.625. The fourth-order valence-corrected chi connectivity index (χ4v) is 3.49. The molecule has 1 aliphatic rings. The number of nitrogens with one attached hydrogen (secondary N) is 1. The van der Waals surface area contributed by atoms with Gasteiger partial charge < -0.3 is 9.64 Å². The molecule has 1 unspecified atom stereocenters. The van der Waals surface area contributed by atoms with E-state index in [4.69, 9.17) is 10.6 Å². The smallest absolute Gasteiger partial charge is 0.119 e. The van der Waals surface area contributed by atoms with Crippen LogP contribution >= 0.6 is 0 Å². The van der Waals surface area contributed by atoms with Crippen LogP contribution in [-0.2, 0) is 0 Å². The van der Waals surface area contributed by atoms with Crippen molar-refractivity contribution >= 4 is 0 Å². The zero-order chi connectivity index (χ0) is 14.6. The van der Waals surface area contributed by atoms with Gasteiger partial charge in [0.15, 0.2) is 0 Å². The molecule has 0 aromatic heterocycles. The highest BCUT2D eigenvalue weighted by atomic mass is 16.5. The normalized spacial score (nSPS) is 19.2. The van der Waals surface area contributed by atoms with Gasteiger partial charge >= 0.3 is 0 Å². The van der Waals surface area contributed by atoms with Crippen LogP contribution in [0.25, 0.3) is 0 Å². The number of benzene rings is 1. The molecule has 1 aliphatic carbocycles. The molecule has 2 rings (SSSR count). The molecular weight excluding hydrogens is 250 g/mol. The van der Waals surface area contributed by atoms with Crippen molar-refractivity contribution in [1.29, 1.82) is 0 Å². The fourth-order valence-electron chi connectivity index (χ4n) is 3.49. The molecule has 0 spiro atoms. The van der Waals surface area contributed by atoms with E-state index in [0.29, 0.717) is 6.61 Å². The van der Waals surface area contributed by atoms with Gasteiger partial charge in [0, 0.05) is 5.54 Å². The van der Waals surface area contributed by atoms with Crippen LogP contribution in [0.3, 0.4) is 0 Å². The van der Waals surface area contributed by atoms with Crippen molar-refractivity contribution in [1.82, 2.24) is 10.3 Å². The van der Waals surface area contributed by atoms with Crippen LogP contribution in [0.15, 0.2) is 24.3 Å². The van der Waals surface area contributed by atoms with E-state index in [1.54, 1.807) is 0 Å². The largest absolute Gasteiger partial charge is 0.494 e. The molecule has 1 aromatic rings. The summed E-state index contributed by atoms with van der Waals surface area (Å²) in [5.74, 6) is 6.83. The lowest BCUT2D eigenvalue weighted by atomic mass is 9.83. The Morgan fingerprint density at radius 2 is 2.05 bits per heavy atom. The zero-order valence-corrected chi connectivity index (χ0v) is 12.9. The first kappa shape index (κ1) is 15.3. The molecule has 1 atom stereocenters. The molecule has 0 radical (unpaired) electrons. The number of ether oxygens (including phenoxy) is 1. The number of rotatable bonds is 6. The van der Waals surface area contributed by atoms with Crippen LogP contribution in [0.1, 0.15) is 44.2 Å². The summed E-state index contributed by atoms with van der Waals surface area (Å²) in [6, 6.07) is 8.41. The van der Waals surface area contributed by atoms with Gasteiger partial charge in [0.1, 0.15) is 5.75 Å². The van der Waals surface area contributed by atoms with E-state index >= 15 is 0 Å². The average molecular weight is 277 g/mol. The van der Waals surface area contributed by atoms with Gasteiger partial charge in [-0.25, -0.2) is 0 Å². The number of hydrogen-bond donors (Lipinski definition) is 2. The second-order valence-electron chi connectivity index (χ2n) is 5.81. The van der Waals surface area contributed by atoms with Crippen LogP contribution in [0.5, 0.6) is 5.75 Å². The van der Waals surface area contributed by atoms with Crippen molar-refractivity contribution in [3.8, 4) is 5.75 Å². The Balaban J connectivity index is 2.33. The number of hydrogen-bond acceptors (Lipinski definition) is 4. The summed E-state index contributed by atoms with van der Waals surface area (Å²) >= 11 is 0. The average Bonchev–Trinajstić information content (AvgIpc) is 2.91. The van der Waals surface area contributed by atoms with Gasteiger partial charge in [-0.05, 0) is 51.6 Å². The first-order valence-corrected chi connectivity index (χ1v) is 7.50. The van der Waals surface area contributed by atoms with Gasteiger partial charge in [-0.15, -0.1) is 0 Å². The van der Waals surface area contributed by atoms with Crippen LogP contribution < -0.4 is 16.0 Å². The van der Waals surface area contributed by atoms with Crippen molar-refractivity contribution in [2.45, 2.75) is 44.2 Å². The molecule has 1 aromatic carbocycles. The van der Waals surface area contributed by atoms with E-state index in [-0.39, 0.29) is 11.6 Å². The van der Waals surface area contributed by atoms with Crippen LogP contribution in [-0.4, -0.2) is 31.1 Å². The highest BCUT2D eigenvalue weighted by Crippen LogP contribution is 2.43. The van der Waals surface area contributed by atoms with Crippen LogP contribution in [0.4, 0.5) is 0 Å². The first-order valence-electron chi connectivity index (χ1n) is 7.50. The standard InChI is InChI=1S/C16H27N3O/c1-4-20-14-9-7-8-13(12-14)15(18-17)16(19(2)3)10-5-6-11-16/h7-9,12,15,18H,4-6,10-11,17H2,1-3H3. The lowest BCUT2D eigenvalue weighted by Gasteiger charge is -2.43. The zero-order valence-electron chi connectivity index (χ0n) is 12.9. The summed E-state index contributed by atoms with van der Waals surface area (Å²) in [5, 5.41) is 0. The molecule has 0 aliphatic heterocycles. The Hall–Kier alpha value is -1.10. The topological polar surface area (TPSA) is 50.5 Å². The Morgan fingerprint density at radius 1 is 1.35 bits per heavy atom. The second-order valence-corrected chi connectivity index (χ2v) is 5.81. The molecule has 4 nitrogen and oxygen atoms in total. The van der Waals surface area contributed by atoms with Gasteiger partial charge in [0.05, 0.1) is 12.6 Å². The molecule has 4 heteroatoms. The van der Waals surface area contributed by atoms with E-state index in [1.165, 1.54) is 31.2 Å². The molecule has 0 bridgehead atoms. The highest BCUT2D eigenvalue weighted by Gasteiger charge is 2.43. The molecule has 0 amide bonds. The maximum absolute atomic E-state index is 5.91.